The molecule has 3 rings (SSSR count). The molecule has 21 heavy (non-hydrogen) atoms. The molecular formula is C16H24N4O. The lowest BCUT2D eigenvalue weighted by molar-refractivity contribution is -0.0751. The molecule has 5 heteroatoms. The molecule has 3 N–H and O–H groups in total. The summed E-state index contributed by atoms with van der Waals surface area (Å²) in [5.74, 6) is 0.954. The van der Waals surface area contributed by atoms with Crippen molar-refractivity contribution >= 4 is 11.7 Å². The SMILES string of the molecule is CC1CN(c2nc3c(cc2C(=N)N)CCC3)CC(C)(C)O1. The molecule has 1 aliphatic carbocycles. The van der Waals surface area contributed by atoms with E-state index in [4.69, 9.17) is 20.9 Å². The van der Waals surface area contributed by atoms with Crippen LogP contribution in [0.5, 0.6) is 0 Å². The van der Waals surface area contributed by atoms with Crippen molar-refractivity contribution in [2.75, 3.05) is 18.0 Å². The Balaban J connectivity index is 2.02. The smallest absolute Gasteiger partial charge is 0.140 e. The van der Waals surface area contributed by atoms with E-state index < -0.39 is 0 Å². The first-order valence-electron chi connectivity index (χ1n) is 7.66. The summed E-state index contributed by atoms with van der Waals surface area (Å²) in [6.45, 7) is 7.82. The lowest BCUT2D eigenvalue weighted by Gasteiger charge is -2.42. The van der Waals surface area contributed by atoms with Gasteiger partial charge in [0.15, 0.2) is 0 Å². The summed E-state index contributed by atoms with van der Waals surface area (Å²) in [7, 11) is 0. The van der Waals surface area contributed by atoms with Crippen LogP contribution >= 0.6 is 0 Å². The van der Waals surface area contributed by atoms with E-state index in [2.05, 4.69) is 31.7 Å². The quantitative estimate of drug-likeness (QED) is 0.643. The molecule has 0 saturated carbocycles. The second kappa shape index (κ2) is 4.98. The van der Waals surface area contributed by atoms with Gasteiger partial charge in [0, 0.05) is 18.8 Å². The zero-order valence-electron chi connectivity index (χ0n) is 13.1. The Morgan fingerprint density at radius 2 is 2.24 bits per heavy atom. The number of ether oxygens (including phenoxy) is 1. The minimum absolute atomic E-state index is 0.101. The highest BCUT2D eigenvalue weighted by molar-refractivity contribution is 6.00. The number of hydrogen-bond donors (Lipinski definition) is 2. The molecule has 0 spiro atoms. The van der Waals surface area contributed by atoms with Gasteiger partial charge in [-0.05, 0) is 51.7 Å². The van der Waals surface area contributed by atoms with Crippen molar-refractivity contribution in [3.05, 3.63) is 22.9 Å². The predicted molar refractivity (Wildman–Crippen MR) is 84.1 cm³/mol. The molecule has 1 aliphatic heterocycles. The minimum Gasteiger partial charge on any atom is -0.384 e. The lowest BCUT2D eigenvalue weighted by Crippen LogP contribution is -2.52. The highest BCUT2D eigenvalue weighted by atomic mass is 16.5. The topological polar surface area (TPSA) is 75.2 Å². The monoisotopic (exact) mass is 288 g/mol. The molecule has 114 valence electrons. The van der Waals surface area contributed by atoms with Crippen LogP contribution in [-0.2, 0) is 17.6 Å². The third kappa shape index (κ3) is 2.75. The Hall–Kier alpha value is -1.62. The van der Waals surface area contributed by atoms with Crippen molar-refractivity contribution in [2.24, 2.45) is 5.73 Å². The van der Waals surface area contributed by atoms with Crippen LogP contribution in [0.1, 0.15) is 44.0 Å². The van der Waals surface area contributed by atoms with Gasteiger partial charge < -0.3 is 15.4 Å². The van der Waals surface area contributed by atoms with Gasteiger partial charge in [0.25, 0.3) is 0 Å². The number of nitrogen functional groups attached to an aromatic ring is 1. The van der Waals surface area contributed by atoms with Crippen LogP contribution in [0.2, 0.25) is 0 Å². The number of hydrogen-bond acceptors (Lipinski definition) is 4. The van der Waals surface area contributed by atoms with Crippen LogP contribution in [0.4, 0.5) is 5.82 Å². The molecule has 0 bridgehead atoms. The maximum Gasteiger partial charge on any atom is 0.140 e. The number of rotatable bonds is 2. The highest BCUT2D eigenvalue weighted by Gasteiger charge is 2.33. The van der Waals surface area contributed by atoms with Gasteiger partial charge in [-0.1, -0.05) is 0 Å². The number of anilines is 1. The van der Waals surface area contributed by atoms with Crippen molar-refractivity contribution in [3.63, 3.8) is 0 Å². The second-order valence-electron chi connectivity index (χ2n) is 6.80. The summed E-state index contributed by atoms with van der Waals surface area (Å²) in [4.78, 5) is 7.07. The maximum absolute atomic E-state index is 7.89. The molecule has 1 aromatic heterocycles. The zero-order valence-corrected chi connectivity index (χ0v) is 13.1. The van der Waals surface area contributed by atoms with Gasteiger partial charge in [-0.2, -0.15) is 0 Å². The van der Waals surface area contributed by atoms with Crippen LogP contribution in [0, 0.1) is 5.41 Å². The van der Waals surface area contributed by atoms with E-state index >= 15 is 0 Å². The summed E-state index contributed by atoms with van der Waals surface area (Å²) in [5, 5.41) is 7.89. The molecule has 1 unspecified atom stereocenters. The Labute approximate surface area is 126 Å². The van der Waals surface area contributed by atoms with Gasteiger partial charge >= 0.3 is 0 Å². The molecule has 1 aromatic rings. The van der Waals surface area contributed by atoms with Crippen molar-refractivity contribution < 1.29 is 4.74 Å². The van der Waals surface area contributed by atoms with Crippen molar-refractivity contribution in [2.45, 2.75) is 51.7 Å². The fourth-order valence-corrected chi connectivity index (χ4v) is 3.52. The van der Waals surface area contributed by atoms with Gasteiger partial charge in [0.05, 0.1) is 17.3 Å². The molecule has 1 fully saturated rings. The van der Waals surface area contributed by atoms with Crippen molar-refractivity contribution in [3.8, 4) is 0 Å². The second-order valence-corrected chi connectivity index (χ2v) is 6.80. The number of morpholine rings is 1. The van der Waals surface area contributed by atoms with Gasteiger partial charge in [0.2, 0.25) is 0 Å². The predicted octanol–water partition coefficient (Wildman–Crippen LogP) is 1.86. The summed E-state index contributed by atoms with van der Waals surface area (Å²) in [6, 6.07) is 2.07. The standard InChI is InChI=1S/C16H24N4O/c1-10-8-20(9-16(2,3)21-10)15-12(14(17)18)7-11-5-4-6-13(11)19-15/h7,10H,4-6,8-9H2,1-3H3,(H3,17,18). The van der Waals surface area contributed by atoms with Crippen LogP contribution in [-0.4, -0.2) is 35.6 Å². The van der Waals surface area contributed by atoms with Crippen LogP contribution < -0.4 is 10.6 Å². The van der Waals surface area contributed by atoms with Crippen LogP contribution in [0.15, 0.2) is 6.07 Å². The van der Waals surface area contributed by atoms with Gasteiger partial charge in [-0.3, -0.25) is 5.41 Å². The van der Waals surface area contributed by atoms with E-state index in [1.165, 1.54) is 11.3 Å². The molecule has 2 heterocycles. The molecule has 1 saturated heterocycles. The molecular weight excluding hydrogens is 264 g/mol. The number of amidine groups is 1. The third-order valence-corrected chi connectivity index (χ3v) is 4.19. The summed E-state index contributed by atoms with van der Waals surface area (Å²) in [6.07, 6.45) is 3.37. The molecule has 0 amide bonds. The largest absolute Gasteiger partial charge is 0.384 e. The van der Waals surface area contributed by atoms with E-state index in [1.54, 1.807) is 0 Å². The maximum atomic E-state index is 7.89. The first-order valence-corrected chi connectivity index (χ1v) is 7.66. The van der Waals surface area contributed by atoms with E-state index in [0.29, 0.717) is 0 Å². The number of nitrogens with two attached hydrogens (primary N) is 1. The number of nitrogens with zero attached hydrogens (tertiary/aromatic N) is 2. The van der Waals surface area contributed by atoms with Gasteiger partial charge in [-0.25, -0.2) is 4.98 Å². The summed E-state index contributed by atoms with van der Waals surface area (Å²) < 4.78 is 5.96. The molecule has 5 nitrogen and oxygen atoms in total. The average molecular weight is 288 g/mol. The Kier molecular flexibility index (Phi) is 3.40. The van der Waals surface area contributed by atoms with Gasteiger partial charge in [0.1, 0.15) is 11.7 Å². The normalized spacial score (nSPS) is 24.0. The van der Waals surface area contributed by atoms with E-state index in [9.17, 15) is 0 Å². The molecule has 0 aromatic carbocycles. The Morgan fingerprint density at radius 1 is 1.48 bits per heavy atom. The molecule has 2 aliphatic rings. The van der Waals surface area contributed by atoms with Gasteiger partial charge in [-0.15, -0.1) is 0 Å². The van der Waals surface area contributed by atoms with Crippen molar-refractivity contribution in [1.29, 1.82) is 5.41 Å². The number of nitrogens with one attached hydrogen (secondary N) is 1. The molecule has 0 radical (unpaired) electrons. The first kappa shape index (κ1) is 14.3. The highest BCUT2D eigenvalue weighted by Crippen LogP contribution is 2.31. The third-order valence-electron chi connectivity index (χ3n) is 4.19. The fourth-order valence-electron chi connectivity index (χ4n) is 3.52. The van der Waals surface area contributed by atoms with Crippen LogP contribution in [0.25, 0.3) is 0 Å². The Bertz CT molecular complexity index is 582. The van der Waals surface area contributed by atoms with E-state index in [0.717, 1.165) is 43.7 Å². The van der Waals surface area contributed by atoms with E-state index in [1.807, 2.05) is 0 Å². The number of aromatic nitrogens is 1. The average Bonchev–Trinajstić information content (AvgIpc) is 2.81. The fraction of sp³-hybridized carbons (Fsp3) is 0.625. The summed E-state index contributed by atoms with van der Waals surface area (Å²) in [5.41, 5.74) is 8.78. The molecule has 1 atom stereocenters. The number of aryl methyl sites for hydroxylation is 2. The first-order chi connectivity index (χ1) is 9.85. The van der Waals surface area contributed by atoms with Crippen molar-refractivity contribution in [1.82, 2.24) is 4.98 Å². The summed E-state index contributed by atoms with van der Waals surface area (Å²) >= 11 is 0. The zero-order chi connectivity index (χ0) is 15.2. The van der Waals surface area contributed by atoms with E-state index in [-0.39, 0.29) is 17.5 Å². The minimum atomic E-state index is -0.216. The number of fused-ring (bicyclic) bond motifs is 1. The van der Waals surface area contributed by atoms with Crippen LogP contribution in [0.3, 0.4) is 0 Å². The number of pyridine rings is 1. The Morgan fingerprint density at radius 3 is 2.90 bits per heavy atom. The lowest BCUT2D eigenvalue weighted by atomic mass is 10.0.